The average molecular weight is 267 g/mol. The first-order valence-corrected chi connectivity index (χ1v) is 7.72. The fraction of sp³-hybridized carbons (Fsp3) is 0.471. The third-order valence-corrected chi connectivity index (χ3v) is 5.00. The molecule has 3 heteroatoms. The lowest BCUT2D eigenvalue weighted by atomic mass is 10.0. The lowest BCUT2D eigenvalue weighted by Crippen LogP contribution is -2.30. The van der Waals surface area contributed by atoms with E-state index in [1.54, 1.807) is 0 Å². The van der Waals surface area contributed by atoms with Gasteiger partial charge in [-0.2, -0.15) is 0 Å². The molecule has 0 bridgehead atoms. The predicted molar refractivity (Wildman–Crippen MR) is 79.7 cm³/mol. The summed E-state index contributed by atoms with van der Waals surface area (Å²) in [5.41, 5.74) is 2.54. The highest BCUT2D eigenvalue weighted by Crippen LogP contribution is 2.38. The molecule has 1 saturated carbocycles. The first-order valence-electron chi connectivity index (χ1n) is 7.72. The Labute approximate surface area is 120 Å². The molecule has 0 radical (unpaired) electrons. The number of nitrogens with zero attached hydrogens (tertiary/aromatic N) is 3. The molecule has 2 aromatic heterocycles. The minimum Gasteiger partial charge on any atom is -0.318 e. The highest BCUT2D eigenvalue weighted by Gasteiger charge is 2.37. The number of likely N-dealkylation sites (tertiary alicyclic amines) is 1. The Bertz CT molecular complexity index is 575. The summed E-state index contributed by atoms with van der Waals surface area (Å²) < 4.78 is 2.27. The van der Waals surface area contributed by atoms with Crippen molar-refractivity contribution in [3.8, 4) is 5.69 Å². The number of fused-ring (bicyclic) bond motifs is 1. The molecule has 1 aliphatic carbocycles. The van der Waals surface area contributed by atoms with Crippen molar-refractivity contribution in [3.63, 3.8) is 0 Å². The van der Waals surface area contributed by atoms with Crippen LogP contribution in [0, 0.1) is 5.92 Å². The Morgan fingerprint density at radius 2 is 2.15 bits per heavy atom. The van der Waals surface area contributed by atoms with Crippen LogP contribution in [0.25, 0.3) is 5.69 Å². The van der Waals surface area contributed by atoms with E-state index in [0.717, 1.165) is 24.2 Å². The third-order valence-electron chi connectivity index (χ3n) is 5.00. The van der Waals surface area contributed by atoms with Crippen LogP contribution in [0.5, 0.6) is 0 Å². The molecule has 3 heterocycles. The summed E-state index contributed by atoms with van der Waals surface area (Å²) in [6.07, 6.45) is 11.6. The van der Waals surface area contributed by atoms with Gasteiger partial charge in [0.2, 0.25) is 0 Å². The fourth-order valence-electron chi connectivity index (χ4n) is 4.03. The van der Waals surface area contributed by atoms with Crippen molar-refractivity contribution in [2.75, 3.05) is 6.54 Å². The van der Waals surface area contributed by atoms with E-state index in [1.807, 2.05) is 18.5 Å². The fourth-order valence-corrected chi connectivity index (χ4v) is 4.03. The van der Waals surface area contributed by atoms with Crippen LogP contribution in [0.1, 0.15) is 31.4 Å². The number of rotatable bonds is 3. The zero-order valence-corrected chi connectivity index (χ0v) is 11.8. The van der Waals surface area contributed by atoms with Crippen molar-refractivity contribution in [3.05, 3.63) is 48.5 Å². The Morgan fingerprint density at radius 3 is 3.05 bits per heavy atom. The molecule has 0 unspecified atom stereocenters. The molecular formula is C17H21N3. The molecular weight excluding hydrogens is 246 g/mol. The Kier molecular flexibility index (Phi) is 3.07. The Hall–Kier alpha value is -1.61. The molecule has 0 spiro atoms. The predicted octanol–water partition coefficient (Wildman–Crippen LogP) is 3.25. The number of hydrogen-bond donors (Lipinski definition) is 0. The Balaban J connectivity index is 1.57. The molecule has 4 rings (SSSR count). The molecule has 2 aromatic rings. The van der Waals surface area contributed by atoms with Crippen molar-refractivity contribution >= 4 is 0 Å². The zero-order chi connectivity index (χ0) is 13.4. The SMILES string of the molecule is c1cncc(-n2cccc2CN2CC[C@H]3CCC[C@H]32)c1. The van der Waals surface area contributed by atoms with Gasteiger partial charge in [-0.1, -0.05) is 6.42 Å². The van der Waals surface area contributed by atoms with E-state index in [-0.39, 0.29) is 0 Å². The van der Waals surface area contributed by atoms with E-state index in [9.17, 15) is 0 Å². The maximum atomic E-state index is 4.23. The van der Waals surface area contributed by atoms with Gasteiger partial charge >= 0.3 is 0 Å². The summed E-state index contributed by atoms with van der Waals surface area (Å²) in [7, 11) is 0. The molecule has 1 aliphatic heterocycles. The molecule has 2 aliphatic rings. The molecule has 2 atom stereocenters. The van der Waals surface area contributed by atoms with Crippen LogP contribution in [0.15, 0.2) is 42.9 Å². The van der Waals surface area contributed by atoms with Crippen molar-refractivity contribution in [1.29, 1.82) is 0 Å². The van der Waals surface area contributed by atoms with Crippen LogP contribution >= 0.6 is 0 Å². The summed E-state index contributed by atoms with van der Waals surface area (Å²) >= 11 is 0. The van der Waals surface area contributed by atoms with Gasteiger partial charge in [0.1, 0.15) is 0 Å². The van der Waals surface area contributed by atoms with E-state index in [2.05, 4.69) is 38.8 Å². The first-order chi connectivity index (χ1) is 9.92. The van der Waals surface area contributed by atoms with E-state index in [0.29, 0.717) is 0 Å². The molecule has 0 N–H and O–H groups in total. The van der Waals surface area contributed by atoms with Crippen LogP contribution in [-0.4, -0.2) is 27.0 Å². The molecule has 0 amide bonds. The highest BCUT2D eigenvalue weighted by molar-refractivity contribution is 5.32. The van der Waals surface area contributed by atoms with Gasteiger partial charge in [0.25, 0.3) is 0 Å². The maximum Gasteiger partial charge on any atom is 0.0636 e. The Morgan fingerprint density at radius 1 is 1.15 bits per heavy atom. The maximum absolute atomic E-state index is 4.23. The smallest absolute Gasteiger partial charge is 0.0636 e. The second kappa shape index (κ2) is 5.06. The molecule has 3 nitrogen and oxygen atoms in total. The van der Waals surface area contributed by atoms with Gasteiger partial charge in [0.15, 0.2) is 0 Å². The van der Waals surface area contributed by atoms with E-state index < -0.39 is 0 Å². The van der Waals surface area contributed by atoms with Crippen molar-refractivity contribution in [2.24, 2.45) is 5.92 Å². The minimum absolute atomic E-state index is 0.840. The first kappa shape index (κ1) is 12.2. The van der Waals surface area contributed by atoms with Gasteiger partial charge in [-0.15, -0.1) is 0 Å². The second-order valence-electron chi connectivity index (χ2n) is 6.10. The van der Waals surface area contributed by atoms with Crippen molar-refractivity contribution in [1.82, 2.24) is 14.5 Å². The summed E-state index contributed by atoms with van der Waals surface area (Å²) in [5.74, 6) is 0.969. The molecule has 0 aromatic carbocycles. The summed E-state index contributed by atoms with van der Waals surface area (Å²) in [6, 6.07) is 9.35. The van der Waals surface area contributed by atoms with Crippen LogP contribution in [0.4, 0.5) is 0 Å². The lowest BCUT2D eigenvalue weighted by Gasteiger charge is -2.24. The molecule has 2 fully saturated rings. The van der Waals surface area contributed by atoms with Gasteiger partial charge in [0, 0.05) is 30.7 Å². The average Bonchev–Trinajstić information content (AvgIpc) is 3.18. The standard InChI is InChI=1S/C17H21N3/c1-4-14-8-11-19(17(14)7-1)13-16-6-3-10-20(16)15-5-2-9-18-12-15/h2-3,5-6,9-10,12,14,17H,1,4,7-8,11,13H2/t14-,17-/m1/s1. The summed E-state index contributed by atoms with van der Waals surface area (Å²) in [6.45, 7) is 2.34. The normalized spacial score (nSPS) is 26.0. The monoisotopic (exact) mass is 267 g/mol. The van der Waals surface area contributed by atoms with Crippen LogP contribution < -0.4 is 0 Å². The van der Waals surface area contributed by atoms with Crippen molar-refractivity contribution in [2.45, 2.75) is 38.3 Å². The zero-order valence-electron chi connectivity index (χ0n) is 11.8. The van der Waals surface area contributed by atoms with Gasteiger partial charge in [-0.05, 0) is 56.0 Å². The number of hydrogen-bond acceptors (Lipinski definition) is 2. The highest BCUT2D eigenvalue weighted by atomic mass is 15.2. The largest absolute Gasteiger partial charge is 0.318 e. The van der Waals surface area contributed by atoms with Gasteiger partial charge in [-0.25, -0.2) is 0 Å². The summed E-state index contributed by atoms with van der Waals surface area (Å²) in [5, 5.41) is 0. The van der Waals surface area contributed by atoms with Gasteiger partial charge in [0.05, 0.1) is 11.9 Å². The van der Waals surface area contributed by atoms with Crippen LogP contribution in [0.2, 0.25) is 0 Å². The molecule has 20 heavy (non-hydrogen) atoms. The number of aromatic nitrogens is 2. The topological polar surface area (TPSA) is 21.1 Å². The lowest BCUT2D eigenvalue weighted by molar-refractivity contribution is 0.229. The third kappa shape index (κ3) is 2.06. The van der Waals surface area contributed by atoms with Crippen molar-refractivity contribution < 1.29 is 0 Å². The van der Waals surface area contributed by atoms with Crippen LogP contribution in [-0.2, 0) is 6.54 Å². The minimum atomic E-state index is 0.840. The van der Waals surface area contributed by atoms with Gasteiger partial charge < -0.3 is 4.57 Å². The summed E-state index contributed by atoms with van der Waals surface area (Å²) in [4.78, 5) is 6.93. The van der Waals surface area contributed by atoms with E-state index in [4.69, 9.17) is 0 Å². The van der Waals surface area contributed by atoms with E-state index >= 15 is 0 Å². The van der Waals surface area contributed by atoms with Gasteiger partial charge in [-0.3, -0.25) is 9.88 Å². The van der Waals surface area contributed by atoms with E-state index in [1.165, 1.54) is 37.9 Å². The van der Waals surface area contributed by atoms with Crippen LogP contribution in [0.3, 0.4) is 0 Å². The quantitative estimate of drug-likeness (QED) is 0.851. The molecule has 1 saturated heterocycles. The number of pyridine rings is 1. The second-order valence-corrected chi connectivity index (χ2v) is 6.10. The molecule has 104 valence electrons.